The van der Waals surface area contributed by atoms with Crippen LogP contribution in [0.1, 0.15) is 29.7 Å². The number of benzene rings is 2. The van der Waals surface area contributed by atoms with E-state index in [9.17, 15) is 13.2 Å². The normalized spacial score (nSPS) is 13.9. The van der Waals surface area contributed by atoms with Crippen molar-refractivity contribution < 1.29 is 13.2 Å². The summed E-state index contributed by atoms with van der Waals surface area (Å²) >= 11 is 0. The van der Waals surface area contributed by atoms with E-state index in [1.807, 2.05) is 42.5 Å². The van der Waals surface area contributed by atoms with Crippen molar-refractivity contribution in [1.82, 2.24) is 5.32 Å². The van der Waals surface area contributed by atoms with Gasteiger partial charge in [0.05, 0.1) is 11.7 Å². The highest BCUT2D eigenvalue weighted by Gasteiger charge is 2.22. The van der Waals surface area contributed by atoms with Crippen LogP contribution in [0.5, 0.6) is 0 Å². The first kappa shape index (κ1) is 19.1. The number of nitrogens with one attached hydrogen (secondary N) is 1. The van der Waals surface area contributed by atoms with Gasteiger partial charge in [-0.1, -0.05) is 61.5 Å². The zero-order valence-corrected chi connectivity index (χ0v) is 15.3. The molecule has 6 heteroatoms. The van der Waals surface area contributed by atoms with Crippen molar-refractivity contribution in [3.05, 3.63) is 71.3 Å². The van der Waals surface area contributed by atoms with E-state index in [2.05, 4.69) is 5.32 Å². The summed E-state index contributed by atoms with van der Waals surface area (Å²) in [5, 5.41) is 2.86. The van der Waals surface area contributed by atoms with Gasteiger partial charge in [0, 0.05) is 18.8 Å². The average molecular weight is 360 g/mol. The monoisotopic (exact) mass is 360 g/mol. The molecule has 0 spiro atoms. The van der Waals surface area contributed by atoms with E-state index in [4.69, 9.17) is 5.73 Å². The molecule has 0 saturated carbocycles. The number of rotatable bonds is 7. The number of carbonyl (C=O) groups excluding carboxylic acids is 1. The molecule has 2 atom stereocenters. The lowest BCUT2D eigenvalue weighted by Crippen LogP contribution is -2.35. The highest BCUT2D eigenvalue weighted by Crippen LogP contribution is 2.19. The lowest BCUT2D eigenvalue weighted by atomic mass is 9.94. The first-order valence-electron chi connectivity index (χ1n) is 8.10. The fourth-order valence-corrected chi connectivity index (χ4v) is 3.47. The highest BCUT2D eigenvalue weighted by molar-refractivity contribution is 7.89. The molecule has 2 aromatic rings. The Kier molecular flexibility index (Phi) is 6.33. The van der Waals surface area contributed by atoms with Gasteiger partial charge in [-0.15, -0.1) is 0 Å². The van der Waals surface area contributed by atoms with Crippen LogP contribution >= 0.6 is 0 Å². The van der Waals surface area contributed by atoms with E-state index in [0.717, 1.165) is 11.1 Å². The van der Waals surface area contributed by atoms with Crippen molar-refractivity contribution in [3.63, 3.8) is 0 Å². The maximum Gasteiger partial charge on any atom is 0.225 e. The van der Waals surface area contributed by atoms with E-state index in [-0.39, 0.29) is 18.2 Å². The molecule has 0 aliphatic rings. The molecule has 0 aliphatic heterocycles. The Morgan fingerprint density at radius 2 is 1.60 bits per heavy atom. The van der Waals surface area contributed by atoms with Gasteiger partial charge in [-0.25, -0.2) is 8.42 Å². The molecule has 1 amide bonds. The summed E-state index contributed by atoms with van der Waals surface area (Å²) in [5.74, 6) is -0.604. The summed E-state index contributed by atoms with van der Waals surface area (Å²) in [5.41, 5.74) is 8.58. The summed E-state index contributed by atoms with van der Waals surface area (Å²) in [4.78, 5) is 12.4. The molecule has 2 rings (SSSR count). The predicted molar refractivity (Wildman–Crippen MR) is 99.4 cm³/mol. The maximum atomic E-state index is 12.4. The zero-order chi connectivity index (χ0) is 18.4. The summed E-state index contributed by atoms with van der Waals surface area (Å²) in [6.45, 7) is 2.06. The molecule has 0 aromatic heterocycles. The van der Waals surface area contributed by atoms with Crippen LogP contribution in [0.4, 0.5) is 0 Å². The molecular formula is C19H24N2O3S. The standard InChI is InChI=1S/C19H24N2O3S/c1-14(18(20)15-8-4-3-5-9-15)19(22)21-12-16-10-6-7-11-17(16)13-25(2,23)24/h3-11,14,18H,12-13,20H2,1-2H3,(H,21,22). The van der Waals surface area contributed by atoms with Crippen molar-refractivity contribution >= 4 is 15.7 Å². The van der Waals surface area contributed by atoms with Crippen LogP contribution < -0.4 is 11.1 Å². The van der Waals surface area contributed by atoms with E-state index in [1.54, 1.807) is 19.1 Å². The van der Waals surface area contributed by atoms with Gasteiger partial charge < -0.3 is 11.1 Å². The van der Waals surface area contributed by atoms with Crippen LogP contribution in [0.2, 0.25) is 0 Å². The minimum atomic E-state index is -3.14. The van der Waals surface area contributed by atoms with Crippen molar-refractivity contribution in [2.75, 3.05) is 6.26 Å². The van der Waals surface area contributed by atoms with Crippen molar-refractivity contribution in [1.29, 1.82) is 0 Å². The van der Waals surface area contributed by atoms with Crippen LogP contribution in [0, 0.1) is 5.92 Å². The van der Waals surface area contributed by atoms with E-state index in [0.29, 0.717) is 5.56 Å². The Hall–Kier alpha value is -2.18. The average Bonchev–Trinajstić information content (AvgIpc) is 2.59. The van der Waals surface area contributed by atoms with Gasteiger partial charge in [0.15, 0.2) is 9.84 Å². The van der Waals surface area contributed by atoms with Crippen LogP contribution in [-0.4, -0.2) is 20.6 Å². The second kappa shape index (κ2) is 8.27. The summed E-state index contributed by atoms with van der Waals surface area (Å²) in [6.07, 6.45) is 1.20. The lowest BCUT2D eigenvalue weighted by molar-refractivity contribution is -0.125. The minimum absolute atomic E-state index is 0.0435. The number of hydrogen-bond donors (Lipinski definition) is 2. The molecule has 0 bridgehead atoms. The number of nitrogens with two attached hydrogens (primary N) is 1. The third-order valence-electron chi connectivity index (χ3n) is 4.13. The molecule has 0 heterocycles. The van der Waals surface area contributed by atoms with Crippen molar-refractivity contribution in [2.24, 2.45) is 11.7 Å². The third kappa shape index (κ3) is 5.69. The number of carbonyl (C=O) groups is 1. The van der Waals surface area contributed by atoms with E-state index < -0.39 is 21.8 Å². The second-order valence-electron chi connectivity index (χ2n) is 6.28. The molecule has 2 unspecified atom stereocenters. The molecule has 3 N–H and O–H groups in total. The van der Waals surface area contributed by atoms with E-state index in [1.165, 1.54) is 6.26 Å². The molecule has 134 valence electrons. The summed E-state index contributed by atoms with van der Waals surface area (Å²) < 4.78 is 23.1. The van der Waals surface area contributed by atoms with Gasteiger partial charge in [-0.3, -0.25) is 4.79 Å². The molecular weight excluding hydrogens is 336 g/mol. The first-order valence-corrected chi connectivity index (χ1v) is 10.2. The topological polar surface area (TPSA) is 89.3 Å². The van der Waals surface area contributed by atoms with Crippen LogP contribution in [-0.2, 0) is 26.9 Å². The molecule has 2 aromatic carbocycles. The Morgan fingerprint density at radius 1 is 1.04 bits per heavy atom. The largest absolute Gasteiger partial charge is 0.352 e. The molecule has 0 saturated heterocycles. The van der Waals surface area contributed by atoms with Gasteiger partial charge >= 0.3 is 0 Å². The Bertz CT molecular complexity index is 820. The van der Waals surface area contributed by atoms with Gasteiger partial charge in [0.1, 0.15) is 0 Å². The maximum absolute atomic E-state index is 12.4. The molecule has 0 radical (unpaired) electrons. The molecule has 0 fully saturated rings. The summed E-state index contributed by atoms with van der Waals surface area (Å²) in [6, 6.07) is 16.3. The van der Waals surface area contributed by atoms with Gasteiger partial charge in [-0.05, 0) is 16.7 Å². The minimum Gasteiger partial charge on any atom is -0.352 e. The molecule has 0 aliphatic carbocycles. The smallest absolute Gasteiger partial charge is 0.225 e. The Balaban J connectivity index is 2.03. The van der Waals surface area contributed by atoms with E-state index >= 15 is 0 Å². The summed E-state index contributed by atoms with van der Waals surface area (Å²) in [7, 11) is -3.14. The quantitative estimate of drug-likeness (QED) is 0.792. The van der Waals surface area contributed by atoms with Crippen LogP contribution in [0.3, 0.4) is 0 Å². The zero-order valence-electron chi connectivity index (χ0n) is 14.5. The lowest BCUT2D eigenvalue weighted by Gasteiger charge is -2.20. The Morgan fingerprint density at radius 3 is 2.20 bits per heavy atom. The molecule has 5 nitrogen and oxygen atoms in total. The second-order valence-corrected chi connectivity index (χ2v) is 8.42. The Labute approximate surface area is 149 Å². The van der Waals surface area contributed by atoms with Gasteiger partial charge in [-0.2, -0.15) is 0 Å². The fourth-order valence-electron chi connectivity index (χ4n) is 2.62. The van der Waals surface area contributed by atoms with Gasteiger partial charge in [0.2, 0.25) is 5.91 Å². The first-order chi connectivity index (χ1) is 11.8. The number of hydrogen-bond acceptors (Lipinski definition) is 4. The third-order valence-corrected chi connectivity index (χ3v) is 4.96. The van der Waals surface area contributed by atoms with Crippen LogP contribution in [0.15, 0.2) is 54.6 Å². The van der Waals surface area contributed by atoms with Crippen LogP contribution in [0.25, 0.3) is 0 Å². The number of amides is 1. The molecule has 25 heavy (non-hydrogen) atoms. The predicted octanol–water partition coefficient (Wildman–Crippen LogP) is 2.18. The van der Waals surface area contributed by atoms with Crippen molar-refractivity contribution in [2.45, 2.75) is 25.3 Å². The van der Waals surface area contributed by atoms with Crippen molar-refractivity contribution in [3.8, 4) is 0 Å². The number of sulfone groups is 1. The van der Waals surface area contributed by atoms with Gasteiger partial charge in [0.25, 0.3) is 0 Å². The fraction of sp³-hybridized carbons (Fsp3) is 0.316. The SMILES string of the molecule is CC(C(=O)NCc1ccccc1CS(C)(=O)=O)C(N)c1ccccc1. The highest BCUT2D eigenvalue weighted by atomic mass is 32.2.